The van der Waals surface area contributed by atoms with Gasteiger partial charge in [0.2, 0.25) is 5.91 Å². The van der Waals surface area contributed by atoms with E-state index in [0.29, 0.717) is 47.0 Å². The number of anilines is 1. The average Bonchev–Trinajstić information content (AvgIpc) is 2.95. The zero-order chi connectivity index (χ0) is 24.0. The summed E-state index contributed by atoms with van der Waals surface area (Å²) in [4.78, 5) is 41.1. The van der Waals surface area contributed by atoms with Crippen LogP contribution in [0.2, 0.25) is 10.0 Å². The van der Waals surface area contributed by atoms with Gasteiger partial charge in [-0.25, -0.2) is 9.69 Å². The molecule has 2 aromatic carbocycles. The number of Topliss-reactive ketones (excluding diaryl/α,β-unsaturated/α-hetero) is 1. The molecule has 1 saturated carbocycles. The minimum Gasteiger partial charge on any atom is -0.443 e. The van der Waals surface area contributed by atoms with E-state index in [1.54, 1.807) is 39.0 Å². The van der Waals surface area contributed by atoms with E-state index in [9.17, 15) is 14.4 Å². The van der Waals surface area contributed by atoms with Crippen LogP contribution in [0.25, 0.3) is 0 Å². The predicted molar refractivity (Wildman–Crippen MR) is 129 cm³/mol. The molecule has 4 rings (SSSR count). The number of carbonyl (C=O) groups is 3. The van der Waals surface area contributed by atoms with Gasteiger partial charge in [-0.2, -0.15) is 0 Å². The van der Waals surface area contributed by atoms with E-state index >= 15 is 0 Å². The van der Waals surface area contributed by atoms with Gasteiger partial charge in [0.15, 0.2) is 0 Å². The second-order valence-corrected chi connectivity index (χ2v) is 10.8. The SMILES string of the molecule is CC(C)(C)OC(=O)N1C(=O)[C@](Cc2cccc(Cl)c2)([C@H]2CCCC(=O)C2)c2ccc(Cl)cc21. The Morgan fingerprint density at radius 3 is 2.52 bits per heavy atom. The van der Waals surface area contributed by atoms with E-state index in [1.807, 2.05) is 24.3 Å². The maximum absolute atomic E-state index is 14.3. The molecular weight excluding hydrogens is 461 g/mol. The van der Waals surface area contributed by atoms with Gasteiger partial charge >= 0.3 is 6.09 Å². The van der Waals surface area contributed by atoms with Gasteiger partial charge in [-0.05, 0) is 81.3 Å². The number of imide groups is 1. The first-order valence-corrected chi connectivity index (χ1v) is 11.9. The standard InChI is InChI=1S/C26H27Cl2NO4/c1-25(2,3)33-24(32)29-22-14-19(28)10-11-21(22)26(23(29)31,17-7-5-9-20(30)13-17)15-16-6-4-8-18(27)12-16/h4,6,8,10-12,14,17H,5,7,9,13,15H2,1-3H3/t17-,26+/m0/s1. The lowest BCUT2D eigenvalue weighted by Gasteiger charge is -2.38. The summed E-state index contributed by atoms with van der Waals surface area (Å²) in [6.07, 6.45) is 1.80. The molecule has 1 heterocycles. The summed E-state index contributed by atoms with van der Waals surface area (Å²) in [5, 5.41) is 0.974. The number of ketones is 1. The number of nitrogens with zero attached hydrogens (tertiary/aromatic N) is 1. The fraction of sp³-hybridized carbons (Fsp3) is 0.423. The number of hydrogen-bond acceptors (Lipinski definition) is 4. The first-order chi connectivity index (χ1) is 15.5. The summed E-state index contributed by atoms with van der Waals surface area (Å²) in [6.45, 7) is 5.26. The lowest BCUT2D eigenvalue weighted by Crippen LogP contribution is -2.51. The Labute approximate surface area is 204 Å². The van der Waals surface area contributed by atoms with Crippen LogP contribution in [0.3, 0.4) is 0 Å². The number of rotatable bonds is 3. The van der Waals surface area contributed by atoms with Gasteiger partial charge in [-0.1, -0.05) is 41.4 Å². The third-order valence-electron chi connectivity index (χ3n) is 6.39. The van der Waals surface area contributed by atoms with Crippen molar-refractivity contribution >= 4 is 46.7 Å². The summed E-state index contributed by atoms with van der Waals surface area (Å²) in [5.74, 6) is -0.498. The number of fused-ring (bicyclic) bond motifs is 1. The van der Waals surface area contributed by atoms with Crippen molar-refractivity contribution < 1.29 is 19.1 Å². The molecule has 1 aliphatic carbocycles. The van der Waals surface area contributed by atoms with E-state index < -0.39 is 17.1 Å². The van der Waals surface area contributed by atoms with Crippen molar-refractivity contribution in [3.05, 3.63) is 63.6 Å². The first-order valence-electron chi connectivity index (χ1n) is 11.1. The quantitative estimate of drug-likeness (QED) is 0.494. The van der Waals surface area contributed by atoms with Crippen molar-refractivity contribution in [2.24, 2.45) is 5.92 Å². The molecule has 33 heavy (non-hydrogen) atoms. The molecule has 2 aromatic rings. The topological polar surface area (TPSA) is 63.7 Å². The van der Waals surface area contributed by atoms with Crippen LogP contribution in [0.1, 0.15) is 57.6 Å². The smallest absolute Gasteiger partial charge is 0.421 e. The van der Waals surface area contributed by atoms with Crippen LogP contribution < -0.4 is 4.90 Å². The maximum Gasteiger partial charge on any atom is 0.421 e. The van der Waals surface area contributed by atoms with Crippen LogP contribution >= 0.6 is 23.2 Å². The Hall–Kier alpha value is -2.37. The van der Waals surface area contributed by atoms with E-state index in [-0.39, 0.29) is 24.0 Å². The molecule has 0 radical (unpaired) electrons. The highest BCUT2D eigenvalue weighted by atomic mass is 35.5. The molecule has 0 bridgehead atoms. The minimum atomic E-state index is -1.10. The minimum absolute atomic E-state index is 0.135. The van der Waals surface area contributed by atoms with Crippen LogP contribution in [0.5, 0.6) is 0 Å². The highest BCUT2D eigenvalue weighted by Gasteiger charge is 2.58. The van der Waals surface area contributed by atoms with Gasteiger partial charge in [0, 0.05) is 22.9 Å². The lowest BCUT2D eigenvalue weighted by atomic mass is 9.62. The Balaban J connectivity index is 1.90. The fourth-order valence-corrected chi connectivity index (χ4v) is 5.48. The molecule has 0 unspecified atom stereocenters. The molecular formula is C26H27Cl2NO4. The molecule has 2 amide bonds. The van der Waals surface area contributed by atoms with Gasteiger partial charge in [-0.15, -0.1) is 0 Å². The molecule has 0 saturated heterocycles. The summed E-state index contributed by atoms with van der Waals surface area (Å²) in [6, 6.07) is 12.5. The van der Waals surface area contributed by atoms with Gasteiger partial charge in [0.1, 0.15) is 11.4 Å². The van der Waals surface area contributed by atoms with Crippen LogP contribution in [0, 0.1) is 5.92 Å². The van der Waals surface area contributed by atoms with E-state index in [0.717, 1.165) is 10.5 Å². The zero-order valence-corrected chi connectivity index (χ0v) is 20.5. The average molecular weight is 488 g/mol. The third-order valence-corrected chi connectivity index (χ3v) is 6.86. The summed E-state index contributed by atoms with van der Waals surface area (Å²) in [7, 11) is 0. The van der Waals surface area contributed by atoms with Gasteiger partial charge in [0.25, 0.3) is 0 Å². The van der Waals surface area contributed by atoms with E-state index in [2.05, 4.69) is 0 Å². The lowest BCUT2D eigenvalue weighted by molar-refractivity contribution is -0.128. The van der Waals surface area contributed by atoms with Crippen molar-refractivity contribution in [2.45, 2.75) is 63.9 Å². The van der Waals surface area contributed by atoms with Crippen LogP contribution in [0.15, 0.2) is 42.5 Å². The van der Waals surface area contributed by atoms with Gasteiger partial charge in [-0.3, -0.25) is 9.59 Å². The van der Waals surface area contributed by atoms with Crippen LogP contribution in [-0.4, -0.2) is 23.4 Å². The van der Waals surface area contributed by atoms with Crippen molar-refractivity contribution in [3.63, 3.8) is 0 Å². The number of amides is 2. The monoisotopic (exact) mass is 487 g/mol. The molecule has 2 atom stereocenters. The second kappa shape index (κ2) is 8.77. The van der Waals surface area contributed by atoms with Crippen LogP contribution in [-0.2, 0) is 26.2 Å². The van der Waals surface area contributed by atoms with E-state index in [4.69, 9.17) is 27.9 Å². The summed E-state index contributed by atoms with van der Waals surface area (Å²) in [5.41, 5.74) is 0.0947. The highest BCUT2D eigenvalue weighted by molar-refractivity contribution is 6.32. The first kappa shape index (κ1) is 23.8. The van der Waals surface area contributed by atoms with Crippen LogP contribution in [0.4, 0.5) is 10.5 Å². The molecule has 0 aromatic heterocycles. The van der Waals surface area contributed by atoms with E-state index in [1.165, 1.54) is 0 Å². The maximum atomic E-state index is 14.3. The molecule has 7 heteroatoms. The third kappa shape index (κ3) is 4.53. The Kier molecular flexibility index (Phi) is 6.32. The summed E-state index contributed by atoms with van der Waals surface area (Å²) >= 11 is 12.5. The second-order valence-electron chi connectivity index (χ2n) is 9.89. The molecule has 1 aliphatic heterocycles. The molecule has 0 spiro atoms. The number of halogens is 2. The highest BCUT2D eigenvalue weighted by Crippen LogP contribution is 2.53. The Bertz CT molecular complexity index is 1120. The summed E-state index contributed by atoms with van der Waals surface area (Å²) < 4.78 is 5.59. The normalized spacial score (nSPS) is 22.9. The largest absolute Gasteiger partial charge is 0.443 e. The molecule has 1 fully saturated rings. The Morgan fingerprint density at radius 2 is 1.85 bits per heavy atom. The van der Waals surface area contributed by atoms with Crippen molar-refractivity contribution in [1.29, 1.82) is 0 Å². The predicted octanol–water partition coefficient (Wildman–Crippen LogP) is 6.51. The fourth-order valence-electron chi connectivity index (χ4n) is 5.10. The van der Waals surface area contributed by atoms with Crippen molar-refractivity contribution in [1.82, 2.24) is 0 Å². The molecule has 2 aliphatic rings. The number of benzene rings is 2. The zero-order valence-electron chi connectivity index (χ0n) is 19.0. The molecule has 0 N–H and O–H groups in total. The number of carbonyl (C=O) groups excluding carboxylic acids is 3. The number of ether oxygens (including phenoxy) is 1. The van der Waals surface area contributed by atoms with Gasteiger partial charge in [0.05, 0.1) is 11.1 Å². The van der Waals surface area contributed by atoms with Gasteiger partial charge < -0.3 is 4.74 Å². The Morgan fingerprint density at radius 1 is 1.12 bits per heavy atom. The van der Waals surface area contributed by atoms with Crippen molar-refractivity contribution in [3.8, 4) is 0 Å². The molecule has 5 nitrogen and oxygen atoms in total. The van der Waals surface area contributed by atoms with Crippen molar-refractivity contribution in [2.75, 3.05) is 4.90 Å². The molecule has 174 valence electrons. The number of hydrogen-bond donors (Lipinski definition) is 0.